The number of hydrogen-bond acceptors (Lipinski definition) is 6. The molecule has 3 aromatic rings. The molecule has 0 unspecified atom stereocenters. The topological polar surface area (TPSA) is 128 Å². The number of nitro groups is 1. The third-order valence-corrected chi connectivity index (χ3v) is 6.73. The van der Waals surface area contributed by atoms with Crippen molar-refractivity contribution in [2.45, 2.75) is 11.8 Å². The molecule has 0 radical (unpaired) electrons. The van der Waals surface area contributed by atoms with E-state index in [1.54, 1.807) is 25.1 Å². The van der Waals surface area contributed by atoms with Crippen LogP contribution in [-0.4, -0.2) is 26.4 Å². The van der Waals surface area contributed by atoms with Crippen molar-refractivity contribution in [3.8, 4) is 5.75 Å². The summed E-state index contributed by atoms with van der Waals surface area (Å²) in [6.07, 6.45) is 0. The highest BCUT2D eigenvalue weighted by Crippen LogP contribution is 2.33. The minimum Gasteiger partial charge on any atom is -0.495 e. The van der Waals surface area contributed by atoms with Gasteiger partial charge in [-0.3, -0.25) is 19.6 Å². The van der Waals surface area contributed by atoms with E-state index in [-0.39, 0.29) is 43.3 Å². The second kappa shape index (κ2) is 9.65. The highest BCUT2D eigenvalue weighted by molar-refractivity contribution is 7.92. The number of nitrogens with zero attached hydrogens (tertiary/aromatic N) is 1. The third kappa shape index (κ3) is 5.36. The average molecular weight is 510 g/mol. The summed E-state index contributed by atoms with van der Waals surface area (Å²) in [5.41, 5.74) is 0.500. The van der Waals surface area contributed by atoms with Gasteiger partial charge in [-0.25, -0.2) is 8.42 Å². The molecule has 3 aromatic carbocycles. The maximum absolute atomic E-state index is 13.0. The molecule has 0 fully saturated rings. The van der Waals surface area contributed by atoms with E-state index in [1.165, 1.54) is 31.4 Å². The number of nitrogens with one attached hydrogen (secondary N) is 2. The Morgan fingerprint density at radius 1 is 1.03 bits per heavy atom. The van der Waals surface area contributed by atoms with Gasteiger partial charge in [-0.05, 0) is 36.8 Å². The fraction of sp³-hybridized carbons (Fsp3) is 0.0952. The summed E-state index contributed by atoms with van der Waals surface area (Å²) in [6.45, 7) is 1.65. The Morgan fingerprint density at radius 2 is 1.73 bits per heavy atom. The summed E-state index contributed by atoms with van der Waals surface area (Å²) < 4.78 is 33.5. The van der Waals surface area contributed by atoms with Crippen LogP contribution in [0.1, 0.15) is 15.9 Å². The van der Waals surface area contributed by atoms with E-state index in [1.807, 2.05) is 0 Å². The molecule has 0 aromatic heterocycles. The molecule has 0 bridgehead atoms. The normalized spacial score (nSPS) is 11.0. The van der Waals surface area contributed by atoms with Crippen molar-refractivity contribution in [3.05, 3.63) is 85.9 Å². The predicted octanol–water partition coefficient (Wildman–Crippen LogP) is 5.27. The number of amides is 1. The Morgan fingerprint density at radius 3 is 2.39 bits per heavy atom. The molecule has 0 atom stereocenters. The molecule has 172 valence electrons. The van der Waals surface area contributed by atoms with Gasteiger partial charge in [0, 0.05) is 12.1 Å². The molecule has 33 heavy (non-hydrogen) atoms. The lowest BCUT2D eigenvalue weighted by Gasteiger charge is -2.15. The van der Waals surface area contributed by atoms with E-state index in [0.717, 1.165) is 12.1 Å². The van der Waals surface area contributed by atoms with Gasteiger partial charge in [0.2, 0.25) is 0 Å². The number of ether oxygens (including phenoxy) is 1. The lowest BCUT2D eigenvalue weighted by atomic mass is 10.1. The minimum atomic E-state index is -4.24. The molecule has 12 heteroatoms. The van der Waals surface area contributed by atoms with Crippen LogP contribution in [0.3, 0.4) is 0 Å². The first-order valence-corrected chi connectivity index (χ1v) is 11.5. The van der Waals surface area contributed by atoms with Gasteiger partial charge >= 0.3 is 0 Å². The van der Waals surface area contributed by atoms with Crippen molar-refractivity contribution in [1.82, 2.24) is 0 Å². The van der Waals surface area contributed by atoms with Crippen LogP contribution in [-0.2, 0) is 10.0 Å². The first-order chi connectivity index (χ1) is 15.5. The van der Waals surface area contributed by atoms with Crippen molar-refractivity contribution in [3.63, 3.8) is 0 Å². The van der Waals surface area contributed by atoms with Gasteiger partial charge in [0.05, 0.1) is 39.0 Å². The number of para-hydroxylation sites is 2. The Bertz CT molecular complexity index is 1360. The van der Waals surface area contributed by atoms with Crippen molar-refractivity contribution < 1.29 is 22.9 Å². The summed E-state index contributed by atoms with van der Waals surface area (Å²) in [5.74, 6) is -0.487. The van der Waals surface area contributed by atoms with Gasteiger partial charge < -0.3 is 10.1 Å². The smallest absolute Gasteiger partial charge is 0.271 e. The molecular formula is C21H17Cl2N3O6S. The average Bonchev–Trinajstić information content (AvgIpc) is 2.75. The molecule has 9 nitrogen and oxygen atoms in total. The molecule has 2 N–H and O–H groups in total. The van der Waals surface area contributed by atoms with E-state index in [4.69, 9.17) is 27.9 Å². The van der Waals surface area contributed by atoms with Crippen LogP contribution in [0.4, 0.5) is 17.1 Å². The molecule has 1 amide bonds. The van der Waals surface area contributed by atoms with Crippen LogP contribution in [0.15, 0.2) is 59.5 Å². The van der Waals surface area contributed by atoms with Gasteiger partial charge in [0.15, 0.2) is 0 Å². The van der Waals surface area contributed by atoms with Gasteiger partial charge in [-0.15, -0.1) is 0 Å². The Hall–Kier alpha value is -3.34. The number of hydrogen-bond donors (Lipinski definition) is 2. The van der Waals surface area contributed by atoms with Crippen molar-refractivity contribution in [2.24, 2.45) is 0 Å². The first-order valence-electron chi connectivity index (χ1n) is 9.24. The number of methoxy groups -OCH3 is 1. The zero-order valence-corrected chi connectivity index (χ0v) is 19.6. The standard InChI is InChI=1S/C21H17Cl2N3O6S/c1-12-7-8-13(26(28)29)9-18(12)24-21(27)14-10-20(16(23)11-15(14)22)33(30,31)25-17-5-3-4-6-19(17)32-2/h3-11,25H,1-2H3,(H,24,27). The summed E-state index contributed by atoms with van der Waals surface area (Å²) in [5, 5.41) is 13.3. The Balaban J connectivity index is 1.98. The monoisotopic (exact) mass is 509 g/mol. The van der Waals surface area contributed by atoms with Gasteiger partial charge in [0.25, 0.3) is 21.6 Å². The number of sulfonamides is 1. The highest BCUT2D eigenvalue weighted by Gasteiger charge is 2.24. The van der Waals surface area contributed by atoms with E-state index in [2.05, 4.69) is 10.0 Å². The van der Waals surface area contributed by atoms with Crippen LogP contribution >= 0.6 is 23.2 Å². The largest absolute Gasteiger partial charge is 0.495 e. The second-order valence-electron chi connectivity index (χ2n) is 6.78. The number of halogens is 2. The van der Waals surface area contributed by atoms with Gasteiger partial charge in [-0.2, -0.15) is 0 Å². The number of nitro benzene ring substituents is 1. The molecule has 3 rings (SSSR count). The fourth-order valence-corrected chi connectivity index (χ4v) is 4.82. The maximum atomic E-state index is 13.0. The summed E-state index contributed by atoms with van der Waals surface area (Å²) in [7, 11) is -2.85. The molecule has 0 aliphatic rings. The van der Waals surface area contributed by atoms with E-state index < -0.39 is 20.9 Å². The van der Waals surface area contributed by atoms with Crippen molar-refractivity contribution >= 4 is 56.2 Å². The number of benzene rings is 3. The molecule has 0 saturated carbocycles. The number of carbonyl (C=O) groups is 1. The molecular weight excluding hydrogens is 493 g/mol. The SMILES string of the molecule is COc1ccccc1NS(=O)(=O)c1cc(C(=O)Nc2cc([N+](=O)[O-])ccc2C)c(Cl)cc1Cl. The maximum Gasteiger partial charge on any atom is 0.271 e. The van der Waals surface area contributed by atoms with Crippen LogP contribution in [0.2, 0.25) is 10.0 Å². The summed E-state index contributed by atoms with van der Waals surface area (Å²) in [4.78, 5) is 22.9. The number of rotatable bonds is 7. The lowest BCUT2D eigenvalue weighted by Crippen LogP contribution is -2.17. The summed E-state index contributed by atoms with van der Waals surface area (Å²) in [6, 6.07) is 12.5. The van der Waals surface area contributed by atoms with Crippen LogP contribution in [0.25, 0.3) is 0 Å². The van der Waals surface area contributed by atoms with Crippen LogP contribution in [0, 0.1) is 17.0 Å². The van der Waals surface area contributed by atoms with Gasteiger partial charge in [-0.1, -0.05) is 41.4 Å². The number of aryl methyl sites for hydroxylation is 1. The summed E-state index contributed by atoms with van der Waals surface area (Å²) >= 11 is 12.3. The van der Waals surface area contributed by atoms with Crippen molar-refractivity contribution in [2.75, 3.05) is 17.1 Å². The third-order valence-electron chi connectivity index (χ3n) is 4.59. The Labute approximate surface area is 199 Å². The highest BCUT2D eigenvalue weighted by atomic mass is 35.5. The van der Waals surface area contributed by atoms with Crippen LogP contribution in [0.5, 0.6) is 5.75 Å². The van der Waals surface area contributed by atoms with Crippen LogP contribution < -0.4 is 14.8 Å². The number of anilines is 2. The lowest BCUT2D eigenvalue weighted by molar-refractivity contribution is -0.384. The first kappa shape index (κ1) is 24.3. The minimum absolute atomic E-state index is 0.100. The second-order valence-corrected chi connectivity index (χ2v) is 9.24. The Kier molecular flexibility index (Phi) is 7.11. The number of carbonyl (C=O) groups excluding carboxylic acids is 1. The van der Waals surface area contributed by atoms with E-state index in [0.29, 0.717) is 5.56 Å². The van der Waals surface area contributed by atoms with Gasteiger partial charge in [0.1, 0.15) is 10.6 Å². The number of non-ortho nitro benzene ring substituents is 1. The van der Waals surface area contributed by atoms with E-state index in [9.17, 15) is 23.3 Å². The van der Waals surface area contributed by atoms with E-state index >= 15 is 0 Å². The molecule has 0 spiro atoms. The molecule has 0 heterocycles. The quantitative estimate of drug-likeness (QED) is 0.329. The molecule has 0 saturated heterocycles. The van der Waals surface area contributed by atoms with Crippen molar-refractivity contribution in [1.29, 1.82) is 0 Å². The molecule has 0 aliphatic carbocycles. The fourth-order valence-electron chi connectivity index (χ4n) is 2.89. The molecule has 0 aliphatic heterocycles. The predicted molar refractivity (Wildman–Crippen MR) is 126 cm³/mol. The zero-order valence-electron chi connectivity index (χ0n) is 17.3. The zero-order chi connectivity index (χ0) is 24.3.